The summed E-state index contributed by atoms with van der Waals surface area (Å²) in [7, 11) is 1.81. The monoisotopic (exact) mass is 363 g/mol. The number of nitrogens with zero attached hydrogens (tertiary/aromatic N) is 5. The number of aryl methyl sites for hydroxylation is 1. The second-order valence-electron chi connectivity index (χ2n) is 7.23. The maximum atomic E-state index is 12.2. The molecule has 5 rings (SSSR count). The molecule has 3 aliphatic rings. The number of rotatable bonds is 3. The van der Waals surface area contributed by atoms with Gasteiger partial charge in [-0.25, -0.2) is 4.79 Å². The van der Waals surface area contributed by atoms with E-state index in [0.29, 0.717) is 6.54 Å². The Bertz CT molecular complexity index is 990. The van der Waals surface area contributed by atoms with Crippen molar-refractivity contribution in [2.75, 3.05) is 11.4 Å². The van der Waals surface area contributed by atoms with Crippen LogP contribution in [0.15, 0.2) is 35.5 Å². The largest absolute Gasteiger partial charge is 0.444 e. The van der Waals surface area contributed by atoms with Gasteiger partial charge in [0.1, 0.15) is 11.8 Å². The smallest absolute Gasteiger partial charge is 0.415 e. The standard InChI is InChI=1S/C20H21N5O2/c1-3-19-18-9-14-8-12(5-7-17(14)25(18)20(26)27-19)13-4-6-15(21-10-13)16-11-22-24(2)23-16/h4-5,7-8,11,18-19H,3,6,9-10H2,1-2H3. The van der Waals surface area contributed by atoms with E-state index in [-0.39, 0.29) is 18.2 Å². The minimum Gasteiger partial charge on any atom is -0.444 e. The maximum Gasteiger partial charge on any atom is 0.415 e. The number of amides is 1. The molecule has 3 aliphatic heterocycles. The van der Waals surface area contributed by atoms with Crippen molar-refractivity contribution in [2.24, 2.45) is 12.0 Å². The molecule has 0 aliphatic carbocycles. The third-order valence-electron chi connectivity index (χ3n) is 5.63. The summed E-state index contributed by atoms with van der Waals surface area (Å²) < 4.78 is 5.48. The van der Waals surface area contributed by atoms with E-state index in [0.717, 1.165) is 36.4 Å². The van der Waals surface area contributed by atoms with Crippen LogP contribution in [-0.2, 0) is 18.2 Å². The van der Waals surface area contributed by atoms with Gasteiger partial charge in [-0.15, -0.1) is 0 Å². The Morgan fingerprint density at radius 2 is 2.22 bits per heavy atom. The van der Waals surface area contributed by atoms with E-state index in [2.05, 4.69) is 35.3 Å². The van der Waals surface area contributed by atoms with E-state index in [1.807, 2.05) is 18.0 Å². The normalized spacial score (nSPS) is 23.6. The van der Waals surface area contributed by atoms with Crippen LogP contribution in [0.4, 0.5) is 10.5 Å². The fourth-order valence-corrected chi connectivity index (χ4v) is 4.23. The highest BCUT2D eigenvalue weighted by atomic mass is 16.6. The zero-order valence-electron chi connectivity index (χ0n) is 15.4. The van der Waals surface area contributed by atoms with Gasteiger partial charge in [0.15, 0.2) is 0 Å². The molecule has 1 aromatic heterocycles. The summed E-state index contributed by atoms with van der Waals surface area (Å²) in [5.74, 6) is 0. The lowest BCUT2D eigenvalue weighted by molar-refractivity contribution is 0.129. The van der Waals surface area contributed by atoms with Crippen molar-refractivity contribution in [1.29, 1.82) is 0 Å². The number of carbonyl (C=O) groups excluding carboxylic acids is 1. The Morgan fingerprint density at radius 3 is 2.93 bits per heavy atom. The molecule has 138 valence electrons. The molecular weight excluding hydrogens is 342 g/mol. The molecule has 0 N–H and O–H groups in total. The zero-order valence-corrected chi connectivity index (χ0v) is 15.4. The first-order valence-electron chi connectivity index (χ1n) is 9.36. The fourth-order valence-electron chi connectivity index (χ4n) is 4.23. The number of hydrogen-bond acceptors (Lipinski definition) is 5. The number of dihydropyridines is 1. The Morgan fingerprint density at radius 1 is 1.33 bits per heavy atom. The average molecular weight is 363 g/mol. The lowest BCUT2D eigenvalue weighted by Crippen LogP contribution is -2.32. The van der Waals surface area contributed by atoms with Crippen molar-refractivity contribution < 1.29 is 9.53 Å². The third-order valence-corrected chi connectivity index (χ3v) is 5.63. The molecule has 1 aromatic carbocycles. The summed E-state index contributed by atoms with van der Waals surface area (Å²) >= 11 is 0. The molecule has 1 amide bonds. The van der Waals surface area contributed by atoms with Gasteiger partial charge in [-0.05, 0) is 41.7 Å². The fraction of sp³-hybridized carbons (Fsp3) is 0.400. The molecule has 0 spiro atoms. The van der Waals surface area contributed by atoms with Crippen molar-refractivity contribution in [1.82, 2.24) is 15.0 Å². The summed E-state index contributed by atoms with van der Waals surface area (Å²) in [6, 6.07) is 6.48. The molecule has 27 heavy (non-hydrogen) atoms. The molecule has 7 nitrogen and oxygen atoms in total. The Kier molecular flexibility index (Phi) is 3.63. The second kappa shape index (κ2) is 6.04. The van der Waals surface area contributed by atoms with E-state index < -0.39 is 0 Å². The van der Waals surface area contributed by atoms with Gasteiger partial charge in [0.25, 0.3) is 0 Å². The van der Waals surface area contributed by atoms with Crippen LogP contribution in [0.25, 0.3) is 5.57 Å². The first kappa shape index (κ1) is 16.2. The van der Waals surface area contributed by atoms with Gasteiger partial charge in [0, 0.05) is 13.5 Å². The van der Waals surface area contributed by atoms with Gasteiger partial charge >= 0.3 is 6.09 Å². The van der Waals surface area contributed by atoms with E-state index >= 15 is 0 Å². The number of carbonyl (C=O) groups is 1. The predicted octanol–water partition coefficient (Wildman–Crippen LogP) is 2.75. The number of aliphatic imine (C=N–C) groups is 1. The number of fused-ring (bicyclic) bond motifs is 3. The van der Waals surface area contributed by atoms with Crippen molar-refractivity contribution in [3.05, 3.63) is 47.3 Å². The maximum absolute atomic E-state index is 12.2. The highest BCUT2D eigenvalue weighted by Crippen LogP contribution is 2.40. The lowest BCUT2D eigenvalue weighted by atomic mass is 9.97. The molecule has 1 saturated heterocycles. The Balaban J connectivity index is 1.38. The quantitative estimate of drug-likeness (QED) is 0.841. The van der Waals surface area contributed by atoms with Crippen molar-refractivity contribution >= 4 is 23.1 Å². The van der Waals surface area contributed by atoms with Gasteiger partial charge in [-0.3, -0.25) is 9.89 Å². The molecular formula is C20H21N5O2. The molecule has 0 saturated carbocycles. The molecule has 2 atom stereocenters. The van der Waals surface area contributed by atoms with Crippen LogP contribution < -0.4 is 4.90 Å². The summed E-state index contributed by atoms with van der Waals surface area (Å²) in [4.78, 5) is 20.3. The van der Waals surface area contributed by atoms with E-state index in [1.165, 1.54) is 16.7 Å². The summed E-state index contributed by atoms with van der Waals surface area (Å²) in [6.45, 7) is 2.70. The van der Waals surface area contributed by atoms with Gasteiger partial charge < -0.3 is 4.74 Å². The van der Waals surface area contributed by atoms with Crippen LogP contribution in [0.2, 0.25) is 0 Å². The van der Waals surface area contributed by atoms with Crippen molar-refractivity contribution in [2.45, 2.75) is 38.3 Å². The zero-order chi connectivity index (χ0) is 18.5. The van der Waals surface area contributed by atoms with Crippen LogP contribution in [0.3, 0.4) is 0 Å². The molecule has 4 heterocycles. The van der Waals surface area contributed by atoms with Crippen LogP contribution in [0.5, 0.6) is 0 Å². The first-order valence-corrected chi connectivity index (χ1v) is 9.36. The SMILES string of the molecule is CCC1OC(=O)N2c3ccc(C4=CCC(c5cnn(C)n5)=NC4)cc3CC12. The molecule has 2 unspecified atom stereocenters. The van der Waals surface area contributed by atoms with Gasteiger partial charge in [-0.1, -0.05) is 19.1 Å². The number of cyclic esters (lactones) is 1. The minimum absolute atomic E-state index is 0.0126. The van der Waals surface area contributed by atoms with Gasteiger partial charge in [0.05, 0.1) is 30.2 Å². The second-order valence-corrected chi connectivity index (χ2v) is 7.23. The summed E-state index contributed by atoms with van der Waals surface area (Å²) in [6.07, 6.45) is 6.20. The molecule has 7 heteroatoms. The van der Waals surface area contributed by atoms with E-state index in [4.69, 9.17) is 9.73 Å². The average Bonchev–Trinajstić information content (AvgIpc) is 3.36. The first-order chi connectivity index (χ1) is 13.1. The van der Waals surface area contributed by atoms with Gasteiger partial charge in [-0.2, -0.15) is 15.0 Å². The Hall–Kier alpha value is -2.96. The van der Waals surface area contributed by atoms with Crippen LogP contribution in [0.1, 0.15) is 36.6 Å². The number of benzene rings is 1. The Labute approximate surface area is 157 Å². The topological polar surface area (TPSA) is 72.6 Å². The number of hydrogen-bond donors (Lipinski definition) is 0. The number of ether oxygens (including phenoxy) is 1. The van der Waals surface area contributed by atoms with Crippen LogP contribution in [-0.4, -0.2) is 45.5 Å². The third kappa shape index (κ3) is 2.57. The number of anilines is 1. The van der Waals surface area contributed by atoms with Gasteiger partial charge in [0.2, 0.25) is 0 Å². The van der Waals surface area contributed by atoms with E-state index in [1.54, 1.807) is 11.0 Å². The lowest BCUT2D eigenvalue weighted by Gasteiger charge is -2.15. The minimum atomic E-state index is -0.214. The highest BCUT2D eigenvalue weighted by Gasteiger charge is 2.46. The molecule has 1 fully saturated rings. The molecule has 0 bridgehead atoms. The number of allylic oxidation sites excluding steroid dienone is 1. The van der Waals surface area contributed by atoms with Crippen molar-refractivity contribution in [3.8, 4) is 0 Å². The van der Waals surface area contributed by atoms with E-state index in [9.17, 15) is 4.79 Å². The molecule has 0 radical (unpaired) electrons. The van der Waals surface area contributed by atoms with Crippen LogP contribution >= 0.6 is 0 Å². The number of aromatic nitrogens is 3. The molecule has 2 aromatic rings. The van der Waals surface area contributed by atoms with Crippen LogP contribution in [0, 0.1) is 0 Å². The predicted molar refractivity (Wildman–Crippen MR) is 102 cm³/mol. The highest BCUT2D eigenvalue weighted by molar-refractivity contribution is 6.02. The summed E-state index contributed by atoms with van der Waals surface area (Å²) in [5, 5.41) is 8.45. The van der Waals surface area contributed by atoms with Crippen molar-refractivity contribution in [3.63, 3.8) is 0 Å². The summed E-state index contributed by atoms with van der Waals surface area (Å²) in [5.41, 5.74) is 6.42.